The van der Waals surface area contributed by atoms with Gasteiger partial charge in [-0.2, -0.15) is 0 Å². The third-order valence-corrected chi connectivity index (χ3v) is 6.56. The number of aryl methyl sites for hydroxylation is 1. The Balaban J connectivity index is 1.83. The van der Waals surface area contributed by atoms with Crippen molar-refractivity contribution < 1.29 is 23.6 Å². The number of alkyl halides is 1. The van der Waals surface area contributed by atoms with E-state index in [1.807, 2.05) is 19.1 Å². The molecule has 2 heterocycles. The number of fused-ring (bicyclic) bond motifs is 1. The smallest absolute Gasteiger partial charge is 0.328 e. The summed E-state index contributed by atoms with van der Waals surface area (Å²) >= 11 is 12.6. The third-order valence-electron chi connectivity index (χ3n) is 6.04. The van der Waals surface area contributed by atoms with E-state index in [2.05, 4.69) is 5.16 Å². The fourth-order valence-electron chi connectivity index (χ4n) is 4.58. The number of carboxylic acid groups (broad SMARTS) is 1. The molecule has 0 radical (unpaired) electrons. The maximum Gasteiger partial charge on any atom is 0.328 e. The highest BCUT2D eigenvalue weighted by Crippen LogP contribution is 2.43. The van der Waals surface area contributed by atoms with Crippen LogP contribution in [0.2, 0.25) is 10.0 Å². The van der Waals surface area contributed by atoms with Crippen LogP contribution >= 0.6 is 23.2 Å². The van der Waals surface area contributed by atoms with Gasteiger partial charge in [-0.1, -0.05) is 52.7 Å². The number of aliphatic carboxylic acids is 1. The Morgan fingerprint density at radius 1 is 1.26 bits per heavy atom. The van der Waals surface area contributed by atoms with Gasteiger partial charge in [-0.3, -0.25) is 4.79 Å². The van der Waals surface area contributed by atoms with Crippen LogP contribution in [-0.4, -0.2) is 33.1 Å². The standard InChI is InChI=1S/C26H23Cl2FN2O4/c1-13-10-16(27)11-17(28)21(13)23-22(24(35-30-23)26(3,4)29)25(34)31-12-14(2)20-15(8-9-19(32)33)6-5-7-18(20)31/h5-12,18,20H,1-4H3,(H,32,33)/b9-8+. The Morgan fingerprint density at radius 3 is 2.60 bits per heavy atom. The van der Waals surface area contributed by atoms with Gasteiger partial charge in [-0.05, 0) is 56.5 Å². The fourth-order valence-corrected chi connectivity index (χ4v) is 5.27. The van der Waals surface area contributed by atoms with E-state index in [1.165, 1.54) is 30.9 Å². The number of halogens is 3. The van der Waals surface area contributed by atoms with Crippen molar-refractivity contribution in [1.29, 1.82) is 0 Å². The molecule has 1 N–H and O–H groups in total. The summed E-state index contributed by atoms with van der Waals surface area (Å²) in [6.45, 7) is 6.20. The van der Waals surface area contributed by atoms with Crippen molar-refractivity contribution >= 4 is 35.1 Å². The number of carboxylic acids is 1. The first kappa shape index (κ1) is 24.9. The van der Waals surface area contributed by atoms with Gasteiger partial charge < -0.3 is 14.5 Å². The topological polar surface area (TPSA) is 83.6 Å². The number of hydrogen-bond donors (Lipinski definition) is 1. The second-order valence-corrected chi connectivity index (χ2v) is 9.91. The number of aromatic nitrogens is 1. The summed E-state index contributed by atoms with van der Waals surface area (Å²) in [5, 5.41) is 13.8. The highest BCUT2D eigenvalue weighted by atomic mass is 35.5. The zero-order valence-corrected chi connectivity index (χ0v) is 21.0. The number of benzene rings is 1. The Morgan fingerprint density at radius 2 is 1.97 bits per heavy atom. The molecule has 35 heavy (non-hydrogen) atoms. The van der Waals surface area contributed by atoms with Crippen LogP contribution in [0.5, 0.6) is 0 Å². The molecule has 0 bridgehead atoms. The molecule has 2 unspecified atom stereocenters. The second kappa shape index (κ2) is 9.13. The zero-order chi connectivity index (χ0) is 25.7. The lowest BCUT2D eigenvalue weighted by atomic mass is 9.84. The average Bonchev–Trinajstić information content (AvgIpc) is 3.33. The summed E-state index contributed by atoms with van der Waals surface area (Å²) in [4.78, 5) is 26.6. The van der Waals surface area contributed by atoms with Crippen LogP contribution in [0.1, 0.15) is 42.5 Å². The van der Waals surface area contributed by atoms with Gasteiger partial charge in [0.15, 0.2) is 11.4 Å². The van der Waals surface area contributed by atoms with Crippen LogP contribution in [0.15, 0.2) is 64.4 Å². The Labute approximate surface area is 212 Å². The monoisotopic (exact) mass is 516 g/mol. The van der Waals surface area contributed by atoms with E-state index in [0.29, 0.717) is 16.1 Å². The zero-order valence-electron chi connectivity index (χ0n) is 19.5. The maximum absolute atomic E-state index is 15.2. The van der Waals surface area contributed by atoms with Crippen molar-refractivity contribution in [2.75, 3.05) is 0 Å². The van der Waals surface area contributed by atoms with Gasteiger partial charge in [0, 0.05) is 28.8 Å². The van der Waals surface area contributed by atoms with E-state index in [4.69, 9.17) is 32.8 Å². The van der Waals surface area contributed by atoms with E-state index in [1.54, 1.807) is 25.3 Å². The molecule has 182 valence electrons. The number of hydrogen-bond acceptors (Lipinski definition) is 4. The average molecular weight is 517 g/mol. The minimum absolute atomic E-state index is 0.0277. The van der Waals surface area contributed by atoms with E-state index in [9.17, 15) is 9.59 Å². The Kier molecular flexibility index (Phi) is 6.51. The molecule has 0 saturated heterocycles. The van der Waals surface area contributed by atoms with Crippen LogP contribution in [0.4, 0.5) is 4.39 Å². The molecule has 0 spiro atoms. The molecule has 6 nitrogen and oxygen atoms in total. The largest absolute Gasteiger partial charge is 0.478 e. The van der Waals surface area contributed by atoms with E-state index >= 15 is 4.39 Å². The maximum atomic E-state index is 15.2. The number of carbonyl (C=O) groups excluding carboxylic acids is 1. The lowest BCUT2D eigenvalue weighted by Gasteiger charge is -2.29. The number of allylic oxidation sites excluding steroid dienone is 3. The normalized spacial score (nSPS) is 19.7. The molecule has 1 aliphatic heterocycles. The van der Waals surface area contributed by atoms with Gasteiger partial charge in [0.2, 0.25) is 0 Å². The van der Waals surface area contributed by atoms with E-state index < -0.39 is 23.6 Å². The quantitative estimate of drug-likeness (QED) is 0.450. The number of nitrogens with zero attached hydrogens (tertiary/aromatic N) is 2. The molecule has 0 fully saturated rings. The molecule has 2 aromatic rings. The molecule has 1 amide bonds. The summed E-state index contributed by atoms with van der Waals surface area (Å²) in [5.41, 5.74) is 0.787. The van der Waals surface area contributed by atoms with Crippen LogP contribution in [0.25, 0.3) is 11.3 Å². The minimum atomic E-state index is -2.00. The fraction of sp³-hybridized carbons (Fsp3) is 0.269. The summed E-state index contributed by atoms with van der Waals surface area (Å²) in [7, 11) is 0. The van der Waals surface area contributed by atoms with Crippen molar-refractivity contribution in [2.24, 2.45) is 5.92 Å². The van der Waals surface area contributed by atoms with Crippen molar-refractivity contribution in [1.82, 2.24) is 10.1 Å². The van der Waals surface area contributed by atoms with Gasteiger partial charge in [-0.25, -0.2) is 9.18 Å². The molecule has 0 saturated carbocycles. The first-order chi connectivity index (χ1) is 16.4. The molecular formula is C26H23Cl2FN2O4. The second-order valence-electron chi connectivity index (χ2n) is 9.06. The predicted octanol–water partition coefficient (Wildman–Crippen LogP) is 6.64. The van der Waals surface area contributed by atoms with Crippen LogP contribution in [-0.2, 0) is 10.5 Å². The van der Waals surface area contributed by atoms with E-state index in [-0.39, 0.29) is 28.0 Å². The third kappa shape index (κ3) is 4.58. The van der Waals surface area contributed by atoms with Gasteiger partial charge in [0.1, 0.15) is 11.3 Å². The van der Waals surface area contributed by atoms with E-state index in [0.717, 1.165) is 17.2 Å². The Bertz CT molecular complexity index is 1320. The molecule has 2 atom stereocenters. The molecule has 2 aliphatic rings. The van der Waals surface area contributed by atoms with Crippen LogP contribution in [0.3, 0.4) is 0 Å². The number of amides is 1. The summed E-state index contributed by atoms with van der Waals surface area (Å²) in [6.07, 6.45) is 9.70. The van der Waals surface area contributed by atoms with Crippen molar-refractivity contribution in [3.63, 3.8) is 0 Å². The van der Waals surface area contributed by atoms with Gasteiger partial charge in [-0.15, -0.1) is 0 Å². The summed E-state index contributed by atoms with van der Waals surface area (Å²) in [6, 6.07) is 2.78. The summed E-state index contributed by atoms with van der Waals surface area (Å²) < 4.78 is 20.6. The van der Waals surface area contributed by atoms with Crippen molar-refractivity contribution in [2.45, 2.75) is 39.4 Å². The minimum Gasteiger partial charge on any atom is -0.478 e. The molecule has 9 heteroatoms. The molecular weight excluding hydrogens is 494 g/mol. The highest BCUT2D eigenvalue weighted by molar-refractivity contribution is 6.36. The SMILES string of the molecule is CC1=CN(C(=O)c2c(-c3c(C)cc(Cl)cc3Cl)noc2C(C)(C)F)C2C=CC=C(/C=C/C(=O)O)C12. The molecule has 1 aliphatic carbocycles. The first-order valence-corrected chi connectivity index (χ1v) is 11.6. The first-order valence-electron chi connectivity index (χ1n) is 10.9. The Hall–Kier alpha value is -3.16. The lowest BCUT2D eigenvalue weighted by Crippen LogP contribution is -2.37. The number of carbonyl (C=O) groups is 2. The van der Waals surface area contributed by atoms with Gasteiger partial charge >= 0.3 is 5.97 Å². The molecule has 1 aromatic carbocycles. The van der Waals surface area contributed by atoms with Crippen LogP contribution < -0.4 is 0 Å². The molecule has 4 rings (SSSR count). The predicted molar refractivity (Wildman–Crippen MR) is 132 cm³/mol. The van der Waals surface area contributed by atoms with Gasteiger partial charge in [0.25, 0.3) is 5.91 Å². The van der Waals surface area contributed by atoms with Crippen LogP contribution in [0, 0.1) is 12.8 Å². The van der Waals surface area contributed by atoms with Crippen molar-refractivity contribution in [3.05, 3.63) is 86.8 Å². The summed E-state index contributed by atoms with van der Waals surface area (Å²) in [5.74, 6) is -2.03. The lowest BCUT2D eigenvalue weighted by molar-refractivity contribution is -0.131. The molecule has 1 aromatic heterocycles. The van der Waals surface area contributed by atoms with Gasteiger partial charge in [0.05, 0.1) is 11.1 Å². The highest BCUT2D eigenvalue weighted by Gasteiger charge is 2.43. The number of rotatable bonds is 5. The van der Waals surface area contributed by atoms with Crippen molar-refractivity contribution in [3.8, 4) is 11.3 Å².